The summed E-state index contributed by atoms with van der Waals surface area (Å²) in [7, 11) is -3.25. The van der Waals surface area contributed by atoms with E-state index in [1.165, 1.54) is 5.56 Å². The lowest BCUT2D eigenvalue weighted by Crippen LogP contribution is -2.21. The van der Waals surface area contributed by atoms with Gasteiger partial charge >= 0.3 is 0 Å². The first-order valence-electron chi connectivity index (χ1n) is 7.99. The van der Waals surface area contributed by atoms with Crippen molar-refractivity contribution in [2.45, 2.75) is 37.2 Å². The fraction of sp³-hybridized carbons (Fsp3) is 0.368. The molecule has 124 valence electrons. The Morgan fingerprint density at radius 3 is 2.13 bits per heavy atom. The number of rotatable bonds is 8. The number of benzene rings is 2. The predicted molar refractivity (Wildman–Crippen MR) is 93.0 cm³/mol. The summed E-state index contributed by atoms with van der Waals surface area (Å²) in [5.41, 5.74) is 1.19. The molecule has 0 heterocycles. The summed E-state index contributed by atoms with van der Waals surface area (Å²) >= 11 is 0. The molecule has 0 fully saturated rings. The molecule has 0 radical (unpaired) electrons. The van der Waals surface area contributed by atoms with Crippen LogP contribution >= 0.6 is 0 Å². The minimum Gasteiger partial charge on any atom is -0.393 e. The molecule has 2 aromatic rings. The fourth-order valence-corrected chi connectivity index (χ4v) is 3.99. The van der Waals surface area contributed by atoms with Crippen LogP contribution in [0, 0.1) is 5.92 Å². The monoisotopic (exact) mass is 332 g/mol. The Balaban J connectivity index is 1.81. The Hall–Kier alpha value is -1.65. The molecule has 23 heavy (non-hydrogen) atoms. The van der Waals surface area contributed by atoms with Gasteiger partial charge in [-0.05, 0) is 42.9 Å². The van der Waals surface area contributed by atoms with Crippen LogP contribution in [0.2, 0.25) is 0 Å². The Morgan fingerprint density at radius 2 is 1.52 bits per heavy atom. The second kappa shape index (κ2) is 8.27. The van der Waals surface area contributed by atoms with Crippen LogP contribution < -0.4 is 0 Å². The minimum absolute atomic E-state index is 0.0755. The molecular formula is C19H24O3S. The van der Waals surface area contributed by atoms with Crippen molar-refractivity contribution in [1.82, 2.24) is 0 Å². The van der Waals surface area contributed by atoms with E-state index in [0.29, 0.717) is 17.7 Å². The average Bonchev–Trinajstić information content (AvgIpc) is 2.56. The van der Waals surface area contributed by atoms with Crippen molar-refractivity contribution in [1.29, 1.82) is 0 Å². The van der Waals surface area contributed by atoms with E-state index in [1.807, 2.05) is 37.3 Å². The van der Waals surface area contributed by atoms with Gasteiger partial charge in [-0.2, -0.15) is 0 Å². The van der Waals surface area contributed by atoms with Gasteiger partial charge in [-0.15, -0.1) is 0 Å². The molecule has 0 bridgehead atoms. The zero-order valence-corrected chi connectivity index (χ0v) is 14.2. The van der Waals surface area contributed by atoms with Crippen LogP contribution in [0.3, 0.4) is 0 Å². The largest absolute Gasteiger partial charge is 0.393 e. The van der Waals surface area contributed by atoms with Crippen molar-refractivity contribution >= 4 is 9.84 Å². The minimum atomic E-state index is -3.25. The standard InChI is InChI=1S/C19H24O3S/c1-16(15-17-9-4-2-5-10-17)19(20)13-8-14-23(21,22)18-11-6-3-7-12-18/h2-7,9-12,16,19-20H,8,13-15H2,1H3/t16-,19-/m1/s1. The topological polar surface area (TPSA) is 54.4 Å². The van der Waals surface area contributed by atoms with Gasteiger partial charge in [0.05, 0.1) is 16.8 Å². The molecule has 0 unspecified atom stereocenters. The first-order chi connectivity index (χ1) is 11.0. The van der Waals surface area contributed by atoms with Gasteiger partial charge in [-0.3, -0.25) is 0 Å². The van der Waals surface area contributed by atoms with Crippen LogP contribution in [-0.2, 0) is 16.3 Å². The van der Waals surface area contributed by atoms with E-state index in [2.05, 4.69) is 0 Å². The van der Waals surface area contributed by atoms with Crippen LogP contribution in [0.5, 0.6) is 0 Å². The van der Waals surface area contributed by atoms with E-state index in [0.717, 1.165) is 6.42 Å². The maximum absolute atomic E-state index is 12.2. The van der Waals surface area contributed by atoms with Gasteiger partial charge in [0.1, 0.15) is 0 Å². The highest BCUT2D eigenvalue weighted by atomic mass is 32.2. The molecule has 2 aromatic carbocycles. The van der Waals surface area contributed by atoms with Crippen LogP contribution in [0.25, 0.3) is 0 Å². The number of aliphatic hydroxyl groups is 1. The summed E-state index contributed by atoms with van der Waals surface area (Å²) < 4.78 is 24.4. The van der Waals surface area contributed by atoms with Gasteiger partial charge < -0.3 is 5.11 Å². The van der Waals surface area contributed by atoms with Crippen LogP contribution in [-0.4, -0.2) is 25.4 Å². The molecule has 0 saturated heterocycles. The number of hydrogen-bond donors (Lipinski definition) is 1. The predicted octanol–water partition coefficient (Wildman–Crippen LogP) is 3.48. The molecule has 0 spiro atoms. The van der Waals surface area contributed by atoms with Crippen LogP contribution in [0.15, 0.2) is 65.6 Å². The van der Waals surface area contributed by atoms with Crippen molar-refractivity contribution in [3.63, 3.8) is 0 Å². The Labute approximate surface area is 138 Å². The van der Waals surface area contributed by atoms with E-state index in [1.54, 1.807) is 30.3 Å². The van der Waals surface area contributed by atoms with Crippen molar-refractivity contribution in [2.24, 2.45) is 5.92 Å². The van der Waals surface area contributed by atoms with Crippen LogP contribution in [0.4, 0.5) is 0 Å². The highest BCUT2D eigenvalue weighted by Gasteiger charge is 2.18. The summed E-state index contributed by atoms with van der Waals surface area (Å²) in [5, 5.41) is 10.3. The van der Waals surface area contributed by atoms with E-state index in [4.69, 9.17) is 0 Å². The normalized spacial score (nSPS) is 14.3. The first kappa shape index (κ1) is 17.7. The Kier molecular flexibility index (Phi) is 6.37. The lowest BCUT2D eigenvalue weighted by Gasteiger charge is -2.19. The Morgan fingerprint density at radius 1 is 0.957 bits per heavy atom. The van der Waals surface area contributed by atoms with E-state index < -0.39 is 15.9 Å². The molecule has 0 aliphatic carbocycles. The number of hydrogen-bond acceptors (Lipinski definition) is 3. The maximum Gasteiger partial charge on any atom is 0.178 e. The van der Waals surface area contributed by atoms with Crippen molar-refractivity contribution in [3.8, 4) is 0 Å². The maximum atomic E-state index is 12.2. The van der Waals surface area contributed by atoms with Gasteiger partial charge in [-0.1, -0.05) is 55.5 Å². The fourth-order valence-electron chi connectivity index (χ4n) is 2.63. The summed E-state index contributed by atoms with van der Waals surface area (Å²) in [6, 6.07) is 18.5. The molecule has 2 atom stereocenters. The van der Waals surface area contributed by atoms with E-state index in [9.17, 15) is 13.5 Å². The van der Waals surface area contributed by atoms with Gasteiger partial charge in [0.25, 0.3) is 0 Å². The van der Waals surface area contributed by atoms with Crippen molar-refractivity contribution in [3.05, 3.63) is 66.2 Å². The molecule has 1 N–H and O–H groups in total. The molecule has 4 heteroatoms. The Bertz CT molecular complexity index is 681. The zero-order chi connectivity index (χ0) is 16.7. The molecule has 2 rings (SSSR count). The molecule has 3 nitrogen and oxygen atoms in total. The summed E-state index contributed by atoms with van der Waals surface area (Å²) in [5.74, 6) is 0.184. The third kappa shape index (κ3) is 5.48. The summed E-state index contributed by atoms with van der Waals surface area (Å²) in [4.78, 5) is 0.354. The average molecular weight is 332 g/mol. The summed E-state index contributed by atoms with van der Waals surface area (Å²) in [6.45, 7) is 2.00. The molecule has 0 saturated carbocycles. The zero-order valence-electron chi connectivity index (χ0n) is 13.4. The third-order valence-corrected chi connectivity index (χ3v) is 5.89. The van der Waals surface area contributed by atoms with Gasteiger partial charge in [0, 0.05) is 0 Å². The van der Waals surface area contributed by atoms with Crippen molar-refractivity contribution in [2.75, 3.05) is 5.75 Å². The smallest absolute Gasteiger partial charge is 0.178 e. The van der Waals surface area contributed by atoms with Crippen molar-refractivity contribution < 1.29 is 13.5 Å². The molecule has 0 aromatic heterocycles. The number of aliphatic hydroxyl groups excluding tert-OH is 1. The second-order valence-electron chi connectivity index (χ2n) is 6.01. The van der Waals surface area contributed by atoms with E-state index >= 15 is 0 Å². The van der Waals surface area contributed by atoms with Gasteiger partial charge in [0.15, 0.2) is 9.84 Å². The van der Waals surface area contributed by atoms with E-state index in [-0.39, 0.29) is 11.7 Å². The molecule has 0 aliphatic rings. The van der Waals surface area contributed by atoms with Crippen LogP contribution in [0.1, 0.15) is 25.3 Å². The molecule has 0 aliphatic heterocycles. The quantitative estimate of drug-likeness (QED) is 0.805. The summed E-state index contributed by atoms with van der Waals surface area (Å²) in [6.07, 6.45) is 1.28. The SMILES string of the molecule is C[C@H](Cc1ccccc1)[C@H](O)CCCS(=O)(=O)c1ccccc1. The number of sulfone groups is 1. The third-order valence-electron chi connectivity index (χ3n) is 4.07. The lowest BCUT2D eigenvalue weighted by atomic mass is 9.93. The van der Waals surface area contributed by atoms with Gasteiger partial charge in [0.2, 0.25) is 0 Å². The second-order valence-corrected chi connectivity index (χ2v) is 8.12. The lowest BCUT2D eigenvalue weighted by molar-refractivity contribution is 0.107. The molecular weight excluding hydrogens is 308 g/mol. The van der Waals surface area contributed by atoms with Gasteiger partial charge in [-0.25, -0.2) is 8.42 Å². The first-order valence-corrected chi connectivity index (χ1v) is 9.64. The highest BCUT2D eigenvalue weighted by Crippen LogP contribution is 2.18. The molecule has 0 amide bonds. The highest BCUT2D eigenvalue weighted by molar-refractivity contribution is 7.91.